The highest BCUT2D eigenvalue weighted by Crippen LogP contribution is 2.31. The Hall–Kier alpha value is -0.860. The molecular weight excluding hydrogens is 208 g/mol. The molecule has 4 N–H and O–H groups in total. The molecule has 2 nitrogen and oxygen atoms in total. The fraction of sp³-hybridized carbons (Fsp3) is 0.600. The molecule has 0 radical (unpaired) electrons. The van der Waals surface area contributed by atoms with Crippen molar-refractivity contribution in [1.29, 1.82) is 0 Å². The van der Waals surface area contributed by atoms with Gasteiger partial charge in [0.05, 0.1) is 0 Å². The minimum atomic E-state index is 0.407. The molecule has 96 valence electrons. The molecule has 2 unspecified atom stereocenters. The maximum Gasteiger partial charge on any atom is -0.00340 e. The normalized spacial score (nSPS) is 15.0. The average Bonchev–Trinajstić information content (AvgIpc) is 2.33. The van der Waals surface area contributed by atoms with Crippen molar-refractivity contribution in [2.45, 2.75) is 33.6 Å². The van der Waals surface area contributed by atoms with Crippen LogP contribution in [0.3, 0.4) is 0 Å². The Bertz CT molecular complexity index is 356. The van der Waals surface area contributed by atoms with Crippen molar-refractivity contribution in [2.24, 2.45) is 23.3 Å². The van der Waals surface area contributed by atoms with Crippen LogP contribution in [-0.2, 0) is 0 Å². The van der Waals surface area contributed by atoms with E-state index in [0.717, 1.165) is 0 Å². The number of aryl methyl sites for hydroxylation is 1. The zero-order valence-corrected chi connectivity index (χ0v) is 11.5. The third-order valence-corrected chi connectivity index (χ3v) is 4.27. The molecule has 0 amide bonds. The standard InChI is InChI=1S/C15H26N2/c1-10-6-5-7-15(11(10)2)13(4)12(3)14(8-16)9-17/h5-7,12-14H,8-9,16-17H2,1-4H3. The van der Waals surface area contributed by atoms with Gasteiger partial charge >= 0.3 is 0 Å². The fourth-order valence-electron chi connectivity index (χ4n) is 2.48. The largest absolute Gasteiger partial charge is 0.330 e. The predicted octanol–water partition coefficient (Wildman–Crippen LogP) is 2.58. The van der Waals surface area contributed by atoms with Gasteiger partial charge in [0.25, 0.3) is 0 Å². The van der Waals surface area contributed by atoms with E-state index in [4.69, 9.17) is 11.5 Å². The lowest BCUT2D eigenvalue weighted by Gasteiger charge is -2.28. The minimum Gasteiger partial charge on any atom is -0.330 e. The first-order valence-electron chi connectivity index (χ1n) is 6.49. The maximum atomic E-state index is 5.79. The molecule has 1 aromatic rings. The average molecular weight is 234 g/mol. The van der Waals surface area contributed by atoms with Gasteiger partial charge in [-0.05, 0) is 61.4 Å². The van der Waals surface area contributed by atoms with E-state index in [2.05, 4.69) is 45.9 Å². The van der Waals surface area contributed by atoms with Gasteiger partial charge in [0.15, 0.2) is 0 Å². The van der Waals surface area contributed by atoms with Crippen LogP contribution in [0.25, 0.3) is 0 Å². The summed E-state index contributed by atoms with van der Waals surface area (Å²) >= 11 is 0. The van der Waals surface area contributed by atoms with Crippen molar-refractivity contribution in [1.82, 2.24) is 0 Å². The van der Waals surface area contributed by atoms with Gasteiger partial charge in [-0.25, -0.2) is 0 Å². The fourth-order valence-corrected chi connectivity index (χ4v) is 2.48. The van der Waals surface area contributed by atoms with E-state index in [1.165, 1.54) is 16.7 Å². The van der Waals surface area contributed by atoms with Gasteiger partial charge in [0.1, 0.15) is 0 Å². The summed E-state index contributed by atoms with van der Waals surface area (Å²) in [5, 5.41) is 0. The van der Waals surface area contributed by atoms with Crippen LogP contribution in [0.2, 0.25) is 0 Å². The second kappa shape index (κ2) is 6.18. The Morgan fingerprint density at radius 2 is 1.65 bits per heavy atom. The molecule has 0 heterocycles. The van der Waals surface area contributed by atoms with Gasteiger partial charge in [-0.3, -0.25) is 0 Å². The first-order chi connectivity index (χ1) is 8.02. The van der Waals surface area contributed by atoms with Crippen LogP contribution >= 0.6 is 0 Å². The third-order valence-electron chi connectivity index (χ3n) is 4.27. The molecule has 0 fully saturated rings. The smallest absolute Gasteiger partial charge is 0.00340 e. The first kappa shape index (κ1) is 14.2. The van der Waals surface area contributed by atoms with E-state index in [1.807, 2.05) is 0 Å². The second-order valence-corrected chi connectivity index (χ2v) is 5.17. The summed E-state index contributed by atoms with van der Waals surface area (Å²) in [5.41, 5.74) is 15.8. The molecule has 0 saturated heterocycles. The summed E-state index contributed by atoms with van der Waals surface area (Å²) in [6.07, 6.45) is 0. The summed E-state index contributed by atoms with van der Waals surface area (Å²) in [5.74, 6) is 1.43. The number of rotatable bonds is 5. The Morgan fingerprint density at radius 1 is 1.06 bits per heavy atom. The Morgan fingerprint density at radius 3 is 2.18 bits per heavy atom. The van der Waals surface area contributed by atoms with E-state index < -0.39 is 0 Å². The molecule has 0 bridgehead atoms. The highest BCUT2D eigenvalue weighted by Gasteiger charge is 2.23. The topological polar surface area (TPSA) is 52.0 Å². The summed E-state index contributed by atoms with van der Waals surface area (Å²) in [4.78, 5) is 0. The van der Waals surface area contributed by atoms with Gasteiger partial charge < -0.3 is 11.5 Å². The molecule has 0 aromatic heterocycles. The second-order valence-electron chi connectivity index (χ2n) is 5.17. The predicted molar refractivity (Wildman–Crippen MR) is 75.1 cm³/mol. The van der Waals surface area contributed by atoms with Crippen LogP contribution in [0.5, 0.6) is 0 Å². The van der Waals surface area contributed by atoms with E-state index in [9.17, 15) is 0 Å². The van der Waals surface area contributed by atoms with Crippen molar-refractivity contribution >= 4 is 0 Å². The molecule has 0 aliphatic heterocycles. The lowest BCUT2D eigenvalue weighted by molar-refractivity contribution is 0.328. The molecule has 0 spiro atoms. The van der Waals surface area contributed by atoms with Crippen molar-refractivity contribution < 1.29 is 0 Å². The third kappa shape index (κ3) is 3.08. The highest BCUT2D eigenvalue weighted by atomic mass is 14.6. The molecule has 2 heteroatoms. The maximum absolute atomic E-state index is 5.79. The molecule has 1 rings (SSSR count). The molecule has 1 aromatic carbocycles. The number of benzene rings is 1. The van der Waals surface area contributed by atoms with Gasteiger partial charge in [0.2, 0.25) is 0 Å². The van der Waals surface area contributed by atoms with Crippen LogP contribution in [0.15, 0.2) is 18.2 Å². The van der Waals surface area contributed by atoms with Crippen molar-refractivity contribution in [3.8, 4) is 0 Å². The first-order valence-corrected chi connectivity index (χ1v) is 6.49. The zero-order valence-electron chi connectivity index (χ0n) is 11.5. The Labute approximate surface area is 105 Å². The van der Waals surface area contributed by atoms with Gasteiger partial charge in [-0.2, -0.15) is 0 Å². The molecule has 0 aliphatic rings. The lowest BCUT2D eigenvalue weighted by atomic mass is 9.78. The van der Waals surface area contributed by atoms with Gasteiger partial charge in [-0.15, -0.1) is 0 Å². The van der Waals surface area contributed by atoms with Crippen molar-refractivity contribution in [3.63, 3.8) is 0 Å². The van der Waals surface area contributed by atoms with E-state index in [0.29, 0.717) is 30.8 Å². The Kier molecular flexibility index (Phi) is 5.16. The van der Waals surface area contributed by atoms with Crippen LogP contribution in [-0.4, -0.2) is 13.1 Å². The Balaban J connectivity index is 2.95. The van der Waals surface area contributed by atoms with E-state index in [1.54, 1.807) is 0 Å². The summed E-state index contributed by atoms with van der Waals surface area (Å²) in [6, 6.07) is 6.54. The molecular formula is C15H26N2. The van der Waals surface area contributed by atoms with Crippen molar-refractivity contribution in [3.05, 3.63) is 34.9 Å². The van der Waals surface area contributed by atoms with Gasteiger partial charge in [0, 0.05) is 0 Å². The molecule has 0 saturated carbocycles. The van der Waals surface area contributed by atoms with Gasteiger partial charge in [-0.1, -0.05) is 32.0 Å². The summed E-state index contributed by atoms with van der Waals surface area (Å²) < 4.78 is 0. The summed E-state index contributed by atoms with van der Waals surface area (Å²) in [6.45, 7) is 10.3. The summed E-state index contributed by atoms with van der Waals surface area (Å²) in [7, 11) is 0. The minimum absolute atomic E-state index is 0.407. The van der Waals surface area contributed by atoms with E-state index >= 15 is 0 Å². The number of nitrogens with two attached hydrogens (primary N) is 2. The number of hydrogen-bond acceptors (Lipinski definition) is 2. The molecule has 17 heavy (non-hydrogen) atoms. The quantitative estimate of drug-likeness (QED) is 0.822. The molecule has 0 aliphatic carbocycles. The van der Waals surface area contributed by atoms with Crippen LogP contribution < -0.4 is 11.5 Å². The van der Waals surface area contributed by atoms with Crippen LogP contribution in [0.1, 0.15) is 36.5 Å². The highest BCUT2D eigenvalue weighted by molar-refractivity contribution is 5.35. The monoisotopic (exact) mass is 234 g/mol. The SMILES string of the molecule is Cc1cccc(C(C)C(C)C(CN)CN)c1C. The molecule has 2 atom stereocenters. The lowest BCUT2D eigenvalue weighted by Crippen LogP contribution is -2.31. The van der Waals surface area contributed by atoms with Crippen molar-refractivity contribution in [2.75, 3.05) is 13.1 Å². The van der Waals surface area contributed by atoms with E-state index in [-0.39, 0.29) is 0 Å². The number of hydrogen-bond donors (Lipinski definition) is 2. The van der Waals surface area contributed by atoms with Crippen LogP contribution in [0.4, 0.5) is 0 Å². The van der Waals surface area contributed by atoms with Crippen LogP contribution in [0, 0.1) is 25.7 Å². The zero-order chi connectivity index (χ0) is 13.0.